The first-order valence-corrected chi connectivity index (χ1v) is 31.0. The minimum absolute atomic E-state index is 0. The van der Waals surface area contributed by atoms with Crippen LogP contribution >= 0.6 is 24.0 Å². The molecule has 0 radical (unpaired) electrons. The van der Waals surface area contributed by atoms with E-state index in [9.17, 15) is 0 Å². The molecule has 0 bridgehead atoms. The molecule has 0 aliphatic carbocycles. The zero-order chi connectivity index (χ0) is 36.0. The van der Waals surface area contributed by atoms with E-state index in [0.717, 1.165) is 22.2 Å². The summed E-state index contributed by atoms with van der Waals surface area (Å²) in [5.41, 5.74) is 4.25. The molecule has 0 aliphatic heterocycles. The second-order valence-corrected chi connectivity index (χ2v) is 9.10. The fourth-order valence-electron chi connectivity index (χ4n) is 3.88. The number of imidazole rings is 2. The quantitative estimate of drug-likeness (QED) is 0.0694. The number of ether oxygens (including phenoxy) is 5. The Morgan fingerprint density at radius 3 is 1.78 bits per heavy atom. The molecule has 0 atom stereocenters. The summed E-state index contributed by atoms with van der Waals surface area (Å²) in [5.74, 6) is 2.96. The maximum absolute atomic E-state index is 9.09. The average molecular weight is 822 g/mol. The molecule has 0 aliphatic rings. The van der Waals surface area contributed by atoms with Gasteiger partial charge in [-0.05, 0) is 17.7 Å². The van der Waals surface area contributed by atoms with Crippen LogP contribution in [0, 0.1) is 0 Å². The summed E-state index contributed by atoms with van der Waals surface area (Å²) in [4.78, 5) is 27.3. The van der Waals surface area contributed by atoms with Crippen LogP contribution in [-0.2, 0) is 22.2 Å². The van der Waals surface area contributed by atoms with E-state index < -0.39 is 0 Å². The van der Waals surface area contributed by atoms with Gasteiger partial charge in [-0.3, -0.25) is 4.79 Å². The predicted molar refractivity (Wildman–Crippen MR) is 187 cm³/mol. The van der Waals surface area contributed by atoms with Crippen molar-refractivity contribution in [2.24, 2.45) is 0 Å². The molecule has 6 rings (SSSR count). The minimum atomic E-state index is -0.181. The zero-order valence-corrected chi connectivity index (χ0v) is 40.2. The van der Waals surface area contributed by atoms with Crippen molar-refractivity contribution in [3.8, 4) is 34.8 Å². The molecular formula is C31H33Cl2K3N6O9. The molecule has 6 aromatic rings. The van der Waals surface area contributed by atoms with Crippen molar-refractivity contribution in [1.29, 1.82) is 0 Å². The van der Waals surface area contributed by atoms with E-state index in [1.165, 1.54) is 89.6 Å². The number of carbonyl (C=O) groups excluding carboxylic acids is 1. The third kappa shape index (κ3) is 16.8. The summed E-state index contributed by atoms with van der Waals surface area (Å²) < 4.78 is 29.7. The molecule has 1 N–H and O–H groups in total. The second-order valence-electron chi connectivity index (χ2n) is 8.83. The first-order chi connectivity index (χ1) is 23.9. The molecule has 0 unspecified atom stereocenters. The van der Waals surface area contributed by atoms with Crippen LogP contribution in [0.25, 0.3) is 11.0 Å². The molecule has 0 amide bonds. The van der Waals surface area contributed by atoms with E-state index >= 15 is 0 Å². The SMILES string of the molecule is COc1cc(OC)c(O)cn1.COc1cc(OC)c(OCc2cccn3cncc23)cn1.Cl.ClCc1cccn2cncc12.O=CO[O-].[K+].[K][K]. The molecule has 258 valence electrons. The van der Waals surface area contributed by atoms with Crippen LogP contribution in [0.5, 0.6) is 34.8 Å². The van der Waals surface area contributed by atoms with Gasteiger partial charge in [-0.1, -0.05) is 12.1 Å². The second kappa shape index (κ2) is 29.7. The Balaban J connectivity index is 0.000000713. The van der Waals surface area contributed by atoms with Gasteiger partial charge in [0.05, 0.1) is 76.9 Å². The number of aromatic nitrogens is 6. The van der Waals surface area contributed by atoms with Gasteiger partial charge in [0.15, 0.2) is 23.0 Å². The van der Waals surface area contributed by atoms with Crippen LogP contribution < -0.4 is 80.3 Å². The molecule has 20 heteroatoms. The van der Waals surface area contributed by atoms with E-state index in [0.29, 0.717) is 41.5 Å². The number of alkyl halides is 1. The summed E-state index contributed by atoms with van der Waals surface area (Å²) in [5, 5.41) is 17.5. The number of carbonyl (C=O) groups is 1. The van der Waals surface area contributed by atoms with Gasteiger partial charge in [0.1, 0.15) is 6.61 Å². The number of aromatic hydroxyl groups is 1. The van der Waals surface area contributed by atoms with Gasteiger partial charge in [0, 0.05) is 36.0 Å². The van der Waals surface area contributed by atoms with Crippen LogP contribution in [0.3, 0.4) is 0 Å². The van der Waals surface area contributed by atoms with Gasteiger partial charge in [0.25, 0.3) is 6.47 Å². The first-order valence-electron chi connectivity index (χ1n) is 14.5. The number of halogens is 2. The van der Waals surface area contributed by atoms with Crippen molar-refractivity contribution in [3.63, 3.8) is 0 Å². The number of fused-ring (bicyclic) bond motifs is 2. The number of rotatable bonds is 9. The van der Waals surface area contributed by atoms with Crippen molar-refractivity contribution in [2.45, 2.75) is 12.5 Å². The van der Waals surface area contributed by atoms with Gasteiger partial charge >= 0.3 is 115 Å². The number of nitrogens with zero attached hydrogens (tertiary/aromatic N) is 6. The third-order valence-corrected chi connectivity index (χ3v) is 6.42. The molecule has 15 nitrogen and oxygen atoms in total. The Bertz CT molecular complexity index is 1850. The summed E-state index contributed by atoms with van der Waals surface area (Å²) in [6.07, 6.45) is 13.9. The topological polar surface area (TPSA) is 176 Å². The van der Waals surface area contributed by atoms with Crippen molar-refractivity contribution >= 4 is 105 Å². The Labute approximate surface area is 393 Å². The number of methoxy groups -OCH3 is 4. The van der Waals surface area contributed by atoms with E-state index in [4.69, 9.17) is 50.4 Å². The summed E-state index contributed by atoms with van der Waals surface area (Å²) in [6, 6.07) is 11.1. The molecular weight excluding hydrogens is 789 g/mol. The van der Waals surface area contributed by atoms with Crippen LogP contribution in [-0.4, -0.2) is 132 Å². The van der Waals surface area contributed by atoms with Crippen molar-refractivity contribution < 1.29 is 95.1 Å². The fourth-order valence-corrected chi connectivity index (χ4v) is 4.11. The van der Waals surface area contributed by atoms with Gasteiger partial charge in [-0.2, -0.15) is 0 Å². The molecule has 0 fully saturated rings. The molecule has 6 aromatic heterocycles. The molecule has 0 spiro atoms. The van der Waals surface area contributed by atoms with Gasteiger partial charge < -0.3 is 47.7 Å². The Kier molecular flexibility index (Phi) is 29.4. The van der Waals surface area contributed by atoms with Gasteiger partial charge in [-0.25, -0.2) is 19.9 Å². The van der Waals surface area contributed by atoms with E-state index in [1.807, 2.05) is 57.9 Å². The van der Waals surface area contributed by atoms with E-state index in [2.05, 4.69) is 24.8 Å². The Hall–Kier alpha value is -0.601. The zero-order valence-electron chi connectivity index (χ0n) is 29.3. The number of hydrogen-bond acceptors (Lipinski definition) is 13. The molecule has 6 heterocycles. The molecule has 0 saturated heterocycles. The first kappa shape index (κ1) is 50.4. The number of hydrogen-bond donors (Lipinski definition) is 1. The standard InChI is InChI=1S/C15H15N3O3.C8H7ClN2.C7H9NO3.CH2O3.ClH.3K/c1-19-13-6-15(20-2)17-8-14(13)21-9-11-4-3-5-18-10-16-7-12(11)18;9-4-7-2-1-3-11-6-10-5-8(7)11;1-10-6-3-7(11-2)8-4-5(6)9;2-1-4-3;;;;/h3-8,10H,9H2,1-2H3;1-3,5-6H,4H2;3-4,9H,1-2H3;1,3H;1H;;;/q;;;;;;;+1/p-1. The summed E-state index contributed by atoms with van der Waals surface area (Å²) in [6.45, 7) is 0.223. The molecule has 51 heavy (non-hydrogen) atoms. The number of pyridine rings is 4. The molecule has 0 aromatic carbocycles. The summed E-state index contributed by atoms with van der Waals surface area (Å²) in [7, 11) is 6.11. The van der Waals surface area contributed by atoms with Crippen molar-refractivity contribution in [2.75, 3.05) is 28.4 Å². The maximum atomic E-state index is 9.09. The van der Waals surface area contributed by atoms with E-state index in [1.54, 1.807) is 39.1 Å². The summed E-state index contributed by atoms with van der Waals surface area (Å²) >= 11 is 8.22. The molecule has 0 saturated carbocycles. The van der Waals surface area contributed by atoms with Crippen LogP contribution in [0.2, 0.25) is 0 Å². The van der Waals surface area contributed by atoms with Crippen molar-refractivity contribution in [3.05, 3.63) is 97.4 Å². The fraction of sp³-hybridized carbons (Fsp3) is 0.194. The van der Waals surface area contributed by atoms with E-state index in [-0.39, 0.29) is 76.0 Å². The monoisotopic (exact) mass is 820 g/mol. The Morgan fingerprint density at radius 2 is 1.29 bits per heavy atom. The predicted octanol–water partition coefficient (Wildman–Crippen LogP) is 0.302. The normalized spacial score (nSPS) is 9.22. The van der Waals surface area contributed by atoms with Crippen molar-refractivity contribution in [1.82, 2.24) is 28.7 Å². The average Bonchev–Trinajstić information content (AvgIpc) is 3.86. The Morgan fingerprint density at radius 1 is 0.804 bits per heavy atom. The van der Waals surface area contributed by atoms with Gasteiger partial charge in [-0.15, -0.1) is 24.0 Å². The van der Waals surface area contributed by atoms with Crippen LogP contribution in [0.4, 0.5) is 0 Å². The van der Waals surface area contributed by atoms with Gasteiger partial charge in [0.2, 0.25) is 11.8 Å². The van der Waals surface area contributed by atoms with Crippen LogP contribution in [0.15, 0.2) is 86.2 Å². The van der Waals surface area contributed by atoms with Crippen LogP contribution in [0.1, 0.15) is 11.1 Å². The third-order valence-electron chi connectivity index (χ3n) is 6.13.